The molecule has 1 N–H and O–H groups in total. The molecule has 0 atom stereocenters. The van der Waals surface area contributed by atoms with Gasteiger partial charge in [0.05, 0.1) is 13.1 Å². The van der Waals surface area contributed by atoms with Gasteiger partial charge in [0.2, 0.25) is 0 Å². The average molecular weight is 423 g/mol. The third kappa shape index (κ3) is 4.08. The highest BCUT2D eigenvalue weighted by Gasteiger charge is 2.34. The van der Waals surface area contributed by atoms with Crippen molar-refractivity contribution in [3.8, 4) is 0 Å². The number of halogens is 2. The van der Waals surface area contributed by atoms with Gasteiger partial charge in [0.25, 0.3) is 5.91 Å². The second kappa shape index (κ2) is 6.93. The van der Waals surface area contributed by atoms with E-state index in [4.69, 9.17) is 0 Å². The summed E-state index contributed by atoms with van der Waals surface area (Å²) in [6.45, 7) is 5.35. The first kappa shape index (κ1) is 16.5. The molecule has 1 aliphatic carbocycles. The van der Waals surface area contributed by atoms with Crippen molar-refractivity contribution >= 4 is 49.1 Å². The lowest BCUT2D eigenvalue weighted by atomic mass is 9.78. The Bertz CT molecular complexity index is 478. The predicted molar refractivity (Wildman–Crippen MR) is 92.4 cm³/mol. The summed E-state index contributed by atoms with van der Waals surface area (Å²) in [5, 5.41) is 3.16. The molecular formula is C15H21Br2NOS. The summed E-state index contributed by atoms with van der Waals surface area (Å²) >= 11 is 8.41. The summed E-state index contributed by atoms with van der Waals surface area (Å²) in [6.07, 6.45) is 6.31. The first-order chi connectivity index (χ1) is 9.42. The van der Waals surface area contributed by atoms with E-state index >= 15 is 0 Å². The minimum absolute atomic E-state index is 0.0360. The van der Waals surface area contributed by atoms with Crippen LogP contribution in [0.3, 0.4) is 0 Å². The Kier molecular flexibility index (Phi) is 5.71. The van der Waals surface area contributed by atoms with Crippen LogP contribution in [0.1, 0.15) is 56.3 Å². The molecule has 1 amide bonds. The van der Waals surface area contributed by atoms with Crippen molar-refractivity contribution in [3.05, 3.63) is 19.2 Å². The maximum absolute atomic E-state index is 12.3. The monoisotopic (exact) mass is 421 g/mol. The molecule has 0 aromatic carbocycles. The first-order valence-electron chi connectivity index (χ1n) is 7.15. The summed E-state index contributed by atoms with van der Waals surface area (Å²) in [4.78, 5) is 12.3. The second-order valence-corrected chi connectivity index (χ2v) is 9.97. The molecule has 5 heteroatoms. The van der Waals surface area contributed by atoms with Gasteiger partial charge in [-0.25, -0.2) is 0 Å². The van der Waals surface area contributed by atoms with Crippen molar-refractivity contribution in [2.24, 2.45) is 11.3 Å². The zero-order valence-electron chi connectivity index (χ0n) is 12.0. The van der Waals surface area contributed by atoms with Gasteiger partial charge < -0.3 is 5.32 Å². The number of carbonyl (C=O) groups is 1. The van der Waals surface area contributed by atoms with E-state index in [1.165, 1.54) is 43.4 Å². The van der Waals surface area contributed by atoms with E-state index in [-0.39, 0.29) is 5.91 Å². The molecule has 0 aliphatic heterocycles. The van der Waals surface area contributed by atoms with Crippen LogP contribution >= 0.6 is 43.2 Å². The molecule has 20 heavy (non-hydrogen) atoms. The second-order valence-electron chi connectivity index (χ2n) is 6.23. The fourth-order valence-electron chi connectivity index (χ4n) is 3.30. The summed E-state index contributed by atoms with van der Waals surface area (Å²) in [7, 11) is 0. The van der Waals surface area contributed by atoms with Crippen LogP contribution in [-0.4, -0.2) is 12.5 Å². The number of rotatable bonds is 5. The highest BCUT2D eigenvalue weighted by molar-refractivity contribution is 9.12. The number of hydrogen-bond acceptors (Lipinski definition) is 2. The molecule has 1 fully saturated rings. The highest BCUT2D eigenvalue weighted by atomic mass is 79.9. The Morgan fingerprint density at radius 1 is 1.40 bits per heavy atom. The van der Waals surface area contributed by atoms with Crippen molar-refractivity contribution in [2.75, 3.05) is 6.54 Å². The van der Waals surface area contributed by atoms with Gasteiger partial charge in [-0.3, -0.25) is 4.79 Å². The zero-order chi connectivity index (χ0) is 14.8. The fourth-order valence-corrected chi connectivity index (χ4v) is 6.10. The SMILES string of the molecule is CC(C)CC1(CNC(=O)c2cc(Br)sc2Br)CCCC1. The Labute approximate surface area is 142 Å². The van der Waals surface area contributed by atoms with Crippen LogP contribution in [0.25, 0.3) is 0 Å². The van der Waals surface area contributed by atoms with Crippen LogP contribution < -0.4 is 5.32 Å². The lowest BCUT2D eigenvalue weighted by Gasteiger charge is -2.31. The van der Waals surface area contributed by atoms with E-state index < -0.39 is 0 Å². The summed E-state index contributed by atoms with van der Waals surface area (Å²) < 4.78 is 1.87. The van der Waals surface area contributed by atoms with Gasteiger partial charge in [-0.2, -0.15) is 0 Å². The van der Waals surface area contributed by atoms with Gasteiger partial charge in [-0.05, 0) is 68.5 Å². The molecule has 1 aliphatic rings. The van der Waals surface area contributed by atoms with E-state index in [0.29, 0.717) is 11.3 Å². The lowest BCUT2D eigenvalue weighted by Crippen LogP contribution is -2.36. The van der Waals surface area contributed by atoms with Crippen molar-refractivity contribution < 1.29 is 4.79 Å². The van der Waals surface area contributed by atoms with E-state index in [1.807, 2.05) is 6.07 Å². The maximum atomic E-state index is 12.3. The van der Waals surface area contributed by atoms with Crippen molar-refractivity contribution in [1.29, 1.82) is 0 Å². The predicted octanol–water partition coefficient (Wildman–Crippen LogP) is 5.61. The van der Waals surface area contributed by atoms with Crippen LogP contribution in [0.2, 0.25) is 0 Å². The van der Waals surface area contributed by atoms with Crippen LogP contribution in [0.15, 0.2) is 13.6 Å². The third-order valence-electron chi connectivity index (χ3n) is 4.03. The molecule has 112 valence electrons. The number of nitrogens with one attached hydrogen (secondary N) is 1. The van der Waals surface area contributed by atoms with Crippen LogP contribution in [0.4, 0.5) is 0 Å². The molecule has 2 nitrogen and oxygen atoms in total. The molecule has 0 radical (unpaired) electrons. The first-order valence-corrected chi connectivity index (χ1v) is 9.55. The van der Waals surface area contributed by atoms with Crippen molar-refractivity contribution in [1.82, 2.24) is 5.32 Å². The molecular weight excluding hydrogens is 402 g/mol. The standard InChI is InChI=1S/C15H21Br2NOS/c1-10(2)8-15(5-3-4-6-15)9-18-14(19)11-7-12(16)20-13(11)17/h7,10H,3-6,8-9H2,1-2H3,(H,18,19). The van der Waals surface area contributed by atoms with Crippen LogP contribution in [-0.2, 0) is 0 Å². The minimum atomic E-state index is 0.0360. The molecule has 1 aromatic rings. The molecule has 1 heterocycles. The number of thiophene rings is 1. The normalized spacial score (nSPS) is 17.6. The Morgan fingerprint density at radius 2 is 2.05 bits per heavy atom. The van der Waals surface area contributed by atoms with Crippen molar-refractivity contribution in [2.45, 2.75) is 46.0 Å². The molecule has 0 saturated heterocycles. The van der Waals surface area contributed by atoms with Gasteiger partial charge in [-0.15, -0.1) is 11.3 Å². The van der Waals surface area contributed by atoms with Crippen LogP contribution in [0.5, 0.6) is 0 Å². The fraction of sp³-hybridized carbons (Fsp3) is 0.667. The van der Waals surface area contributed by atoms with Gasteiger partial charge >= 0.3 is 0 Å². The quantitative estimate of drug-likeness (QED) is 0.656. The lowest BCUT2D eigenvalue weighted by molar-refractivity contribution is 0.0921. The zero-order valence-corrected chi connectivity index (χ0v) is 16.0. The summed E-state index contributed by atoms with van der Waals surface area (Å²) in [6, 6.07) is 1.88. The van der Waals surface area contributed by atoms with Crippen molar-refractivity contribution in [3.63, 3.8) is 0 Å². The average Bonchev–Trinajstić information content (AvgIpc) is 2.93. The topological polar surface area (TPSA) is 29.1 Å². The molecule has 0 unspecified atom stereocenters. The van der Waals surface area contributed by atoms with Gasteiger partial charge in [0.1, 0.15) is 0 Å². The van der Waals surface area contributed by atoms with Gasteiger partial charge in [-0.1, -0.05) is 26.7 Å². The molecule has 2 rings (SSSR count). The highest BCUT2D eigenvalue weighted by Crippen LogP contribution is 2.42. The Morgan fingerprint density at radius 3 is 2.55 bits per heavy atom. The minimum Gasteiger partial charge on any atom is -0.351 e. The molecule has 1 saturated carbocycles. The third-order valence-corrected chi connectivity index (χ3v) is 6.37. The van der Waals surface area contributed by atoms with Crippen LogP contribution in [0, 0.1) is 11.3 Å². The summed E-state index contributed by atoms with van der Waals surface area (Å²) in [5.41, 5.74) is 1.06. The van der Waals surface area contributed by atoms with Gasteiger partial charge in [0, 0.05) is 6.54 Å². The number of amides is 1. The number of carbonyl (C=O) groups excluding carboxylic acids is 1. The van der Waals surface area contributed by atoms with Gasteiger partial charge in [0.15, 0.2) is 0 Å². The molecule has 1 aromatic heterocycles. The van der Waals surface area contributed by atoms with E-state index in [0.717, 1.165) is 19.7 Å². The van der Waals surface area contributed by atoms with E-state index in [9.17, 15) is 4.79 Å². The Hall–Kier alpha value is 0.130. The van der Waals surface area contributed by atoms with E-state index in [1.54, 1.807) is 0 Å². The molecule has 0 bridgehead atoms. The number of hydrogen-bond donors (Lipinski definition) is 1. The Balaban J connectivity index is 1.99. The largest absolute Gasteiger partial charge is 0.351 e. The molecule has 0 spiro atoms. The summed E-state index contributed by atoms with van der Waals surface area (Å²) in [5.74, 6) is 0.723. The smallest absolute Gasteiger partial charge is 0.253 e. The maximum Gasteiger partial charge on any atom is 0.253 e. The van der Waals surface area contributed by atoms with E-state index in [2.05, 4.69) is 51.0 Å².